The molecule has 0 spiro atoms. The maximum absolute atomic E-state index is 5.89. The Morgan fingerprint density at radius 2 is 2.36 bits per heavy atom. The van der Waals surface area contributed by atoms with Crippen molar-refractivity contribution in [3.8, 4) is 0 Å². The zero-order chi connectivity index (χ0) is 9.80. The molecule has 0 aliphatic carbocycles. The number of hydrogen-bond acceptors (Lipinski definition) is 4. The average molecular weight is 213 g/mol. The molecule has 76 valence electrons. The molecule has 4 nitrogen and oxygen atoms in total. The normalized spacial score (nSPS) is 16.4. The lowest BCUT2D eigenvalue weighted by Gasteiger charge is -2.30. The molecule has 1 aromatic heterocycles. The van der Waals surface area contributed by atoms with Crippen LogP contribution in [0.25, 0.3) is 0 Å². The first-order chi connectivity index (χ1) is 6.86. The molecule has 5 heteroatoms. The number of anilines is 1. The van der Waals surface area contributed by atoms with Crippen LogP contribution in [-0.4, -0.2) is 41.0 Å². The molecular formula is C9H13ClN4. The van der Waals surface area contributed by atoms with E-state index in [0.29, 0.717) is 5.02 Å². The van der Waals surface area contributed by atoms with Crippen molar-refractivity contribution in [1.29, 1.82) is 0 Å². The van der Waals surface area contributed by atoms with E-state index < -0.39 is 0 Å². The van der Waals surface area contributed by atoms with E-state index in [9.17, 15) is 0 Å². The second-order valence-corrected chi connectivity index (χ2v) is 3.75. The van der Waals surface area contributed by atoms with Crippen molar-refractivity contribution in [3.05, 3.63) is 17.5 Å². The van der Waals surface area contributed by atoms with Gasteiger partial charge in [-0.05, 0) is 19.5 Å². The fourth-order valence-electron chi connectivity index (χ4n) is 1.38. The summed E-state index contributed by atoms with van der Waals surface area (Å²) in [6.07, 6.45) is 4.42. The molecule has 0 saturated carbocycles. The molecule has 0 amide bonds. The van der Waals surface area contributed by atoms with Crippen LogP contribution in [0.3, 0.4) is 0 Å². The first-order valence-electron chi connectivity index (χ1n) is 4.78. The lowest BCUT2D eigenvalue weighted by Crippen LogP contribution is -2.40. The van der Waals surface area contributed by atoms with E-state index in [4.69, 9.17) is 11.6 Å². The highest BCUT2D eigenvalue weighted by Gasteiger charge is 2.12. The van der Waals surface area contributed by atoms with Gasteiger partial charge in [0.25, 0.3) is 0 Å². The molecule has 14 heavy (non-hydrogen) atoms. The van der Waals surface area contributed by atoms with Gasteiger partial charge < -0.3 is 10.2 Å². The van der Waals surface area contributed by atoms with Crippen LogP contribution in [0.5, 0.6) is 0 Å². The lowest BCUT2D eigenvalue weighted by atomic mass is 10.2. The summed E-state index contributed by atoms with van der Waals surface area (Å²) in [4.78, 5) is 10.3. The zero-order valence-corrected chi connectivity index (χ0v) is 8.67. The summed E-state index contributed by atoms with van der Waals surface area (Å²) in [6.45, 7) is 4.38. The van der Waals surface area contributed by atoms with Gasteiger partial charge in [0.2, 0.25) is 0 Å². The molecule has 0 atom stereocenters. The van der Waals surface area contributed by atoms with E-state index in [-0.39, 0.29) is 0 Å². The highest BCUT2D eigenvalue weighted by atomic mass is 35.5. The van der Waals surface area contributed by atoms with Crippen molar-refractivity contribution in [2.24, 2.45) is 0 Å². The average Bonchev–Trinajstić information content (AvgIpc) is 2.12. The highest BCUT2D eigenvalue weighted by molar-refractivity contribution is 6.32. The molecule has 1 N–H and O–H groups in total. The highest BCUT2D eigenvalue weighted by Crippen LogP contribution is 2.15. The van der Waals surface area contributed by atoms with E-state index in [1.807, 2.05) is 0 Å². The summed E-state index contributed by atoms with van der Waals surface area (Å²) >= 11 is 5.89. The topological polar surface area (TPSA) is 41.1 Å². The largest absolute Gasteiger partial charge is 0.367 e. The Kier molecular flexibility index (Phi) is 3.16. The van der Waals surface area contributed by atoms with Crippen molar-refractivity contribution in [2.45, 2.75) is 6.42 Å². The number of nitrogens with zero attached hydrogens (tertiary/aromatic N) is 3. The molecule has 1 aliphatic rings. The quantitative estimate of drug-likeness (QED) is 0.816. The van der Waals surface area contributed by atoms with Gasteiger partial charge in [-0.15, -0.1) is 0 Å². The van der Waals surface area contributed by atoms with E-state index in [0.717, 1.165) is 18.9 Å². The Labute approximate surface area is 88.3 Å². The maximum atomic E-state index is 5.89. The summed E-state index contributed by atoms with van der Waals surface area (Å²) in [6, 6.07) is 0. The van der Waals surface area contributed by atoms with Crippen LogP contribution in [0, 0.1) is 0 Å². The molecular weight excluding hydrogens is 200 g/mol. The number of aromatic nitrogens is 2. The lowest BCUT2D eigenvalue weighted by molar-refractivity contribution is 0.189. The number of halogens is 1. The van der Waals surface area contributed by atoms with Gasteiger partial charge in [-0.1, -0.05) is 11.6 Å². The van der Waals surface area contributed by atoms with Crippen LogP contribution in [0.2, 0.25) is 5.02 Å². The minimum Gasteiger partial charge on any atom is -0.367 e. The summed E-state index contributed by atoms with van der Waals surface area (Å²) in [5.74, 6) is 0.724. The van der Waals surface area contributed by atoms with Crippen LogP contribution < -0.4 is 5.32 Å². The predicted octanol–water partition coefficient (Wildman–Crippen LogP) is 1.25. The molecule has 1 fully saturated rings. The first-order valence-corrected chi connectivity index (χ1v) is 5.16. The Bertz CT molecular complexity index is 301. The zero-order valence-electron chi connectivity index (χ0n) is 7.91. The molecule has 1 aliphatic heterocycles. The SMILES string of the molecule is Clc1cncnc1NCCN1CCC1. The second-order valence-electron chi connectivity index (χ2n) is 3.34. The minimum atomic E-state index is 0.580. The maximum Gasteiger partial charge on any atom is 0.148 e. The van der Waals surface area contributed by atoms with Crippen molar-refractivity contribution >= 4 is 17.4 Å². The Hall–Kier alpha value is -0.870. The van der Waals surface area contributed by atoms with Gasteiger partial charge in [0.1, 0.15) is 17.2 Å². The van der Waals surface area contributed by atoms with Gasteiger partial charge in [0, 0.05) is 13.1 Å². The molecule has 2 heterocycles. The van der Waals surface area contributed by atoms with E-state index >= 15 is 0 Å². The number of rotatable bonds is 4. The fourth-order valence-corrected chi connectivity index (χ4v) is 1.55. The number of nitrogens with one attached hydrogen (secondary N) is 1. The van der Waals surface area contributed by atoms with Gasteiger partial charge >= 0.3 is 0 Å². The fraction of sp³-hybridized carbons (Fsp3) is 0.556. The number of hydrogen-bond donors (Lipinski definition) is 1. The van der Waals surface area contributed by atoms with E-state index in [2.05, 4.69) is 20.2 Å². The molecule has 2 rings (SSSR count). The molecule has 1 aromatic rings. The molecule has 0 radical (unpaired) electrons. The summed E-state index contributed by atoms with van der Waals surface area (Å²) in [5, 5.41) is 3.77. The van der Waals surface area contributed by atoms with Gasteiger partial charge in [-0.3, -0.25) is 0 Å². The Morgan fingerprint density at radius 1 is 1.50 bits per heavy atom. The van der Waals surface area contributed by atoms with Gasteiger partial charge in [-0.25, -0.2) is 9.97 Å². The van der Waals surface area contributed by atoms with Gasteiger partial charge in [0.15, 0.2) is 0 Å². The van der Waals surface area contributed by atoms with Crippen molar-refractivity contribution in [3.63, 3.8) is 0 Å². The standard InChI is InChI=1S/C9H13ClN4/c10-8-6-11-7-13-9(8)12-2-5-14-3-1-4-14/h6-7H,1-5H2,(H,11,12,13). The van der Waals surface area contributed by atoms with Crippen LogP contribution in [0.15, 0.2) is 12.5 Å². The third kappa shape index (κ3) is 2.33. The monoisotopic (exact) mass is 212 g/mol. The molecule has 0 aromatic carbocycles. The van der Waals surface area contributed by atoms with Crippen molar-refractivity contribution in [2.75, 3.05) is 31.5 Å². The van der Waals surface area contributed by atoms with Crippen LogP contribution in [0.4, 0.5) is 5.82 Å². The van der Waals surface area contributed by atoms with Crippen LogP contribution in [0.1, 0.15) is 6.42 Å². The summed E-state index contributed by atoms with van der Waals surface area (Å²) < 4.78 is 0. The van der Waals surface area contributed by atoms with E-state index in [1.165, 1.54) is 25.8 Å². The Morgan fingerprint density at radius 3 is 3.00 bits per heavy atom. The second kappa shape index (κ2) is 4.57. The third-order valence-electron chi connectivity index (χ3n) is 2.34. The van der Waals surface area contributed by atoms with Crippen LogP contribution >= 0.6 is 11.6 Å². The van der Waals surface area contributed by atoms with Crippen molar-refractivity contribution < 1.29 is 0 Å². The molecule has 1 saturated heterocycles. The van der Waals surface area contributed by atoms with Crippen LogP contribution in [-0.2, 0) is 0 Å². The van der Waals surface area contributed by atoms with Gasteiger partial charge in [-0.2, -0.15) is 0 Å². The van der Waals surface area contributed by atoms with Crippen molar-refractivity contribution in [1.82, 2.24) is 14.9 Å². The number of likely N-dealkylation sites (tertiary alicyclic amines) is 1. The summed E-state index contributed by atoms with van der Waals surface area (Å²) in [7, 11) is 0. The third-order valence-corrected chi connectivity index (χ3v) is 2.61. The Balaban J connectivity index is 1.76. The predicted molar refractivity (Wildman–Crippen MR) is 56.6 cm³/mol. The first kappa shape index (κ1) is 9.68. The smallest absolute Gasteiger partial charge is 0.148 e. The van der Waals surface area contributed by atoms with Gasteiger partial charge in [0.05, 0.1) is 6.20 Å². The minimum absolute atomic E-state index is 0.580. The van der Waals surface area contributed by atoms with E-state index in [1.54, 1.807) is 6.20 Å². The molecule has 0 bridgehead atoms. The molecule has 0 unspecified atom stereocenters. The summed E-state index contributed by atoms with van der Waals surface area (Å²) in [5.41, 5.74) is 0.